The van der Waals surface area contributed by atoms with Crippen LogP contribution in [0.1, 0.15) is 11.1 Å². The fraction of sp³-hybridized carbons (Fsp3) is 0.200. The van der Waals surface area contributed by atoms with Crippen molar-refractivity contribution in [1.29, 1.82) is 0 Å². The fourth-order valence-corrected chi connectivity index (χ4v) is 3.09. The van der Waals surface area contributed by atoms with Crippen LogP contribution in [-0.4, -0.2) is 15.5 Å². The molecule has 4 nitrogen and oxygen atoms in total. The summed E-state index contributed by atoms with van der Waals surface area (Å²) in [6, 6.07) is 13.0. The van der Waals surface area contributed by atoms with Gasteiger partial charge in [-0.15, -0.1) is 0 Å². The molecule has 0 heterocycles. The number of anilines is 1. The van der Waals surface area contributed by atoms with Crippen molar-refractivity contribution in [2.75, 3.05) is 12.4 Å². The van der Waals surface area contributed by atoms with E-state index in [1.165, 1.54) is 7.05 Å². The Morgan fingerprint density at radius 1 is 1.14 bits per heavy atom. The highest BCUT2D eigenvalue weighted by atomic mass is 79.9. The molecule has 0 radical (unpaired) electrons. The van der Waals surface area contributed by atoms with Crippen molar-refractivity contribution in [3.8, 4) is 0 Å². The second-order valence-corrected chi connectivity index (χ2v) is 7.37. The van der Waals surface area contributed by atoms with E-state index >= 15 is 0 Å². The Balaban J connectivity index is 2.24. The van der Waals surface area contributed by atoms with E-state index in [9.17, 15) is 8.42 Å². The van der Waals surface area contributed by atoms with Gasteiger partial charge in [0.05, 0.1) is 4.90 Å². The van der Waals surface area contributed by atoms with Crippen molar-refractivity contribution in [3.63, 3.8) is 0 Å². The van der Waals surface area contributed by atoms with Gasteiger partial charge in [-0.05, 0) is 43.3 Å². The van der Waals surface area contributed by atoms with Crippen LogP contribution in [0.3, 0.4) is 0 Å². The van der Waals surface area contributed by atoms with Gasteiger partial charge in [-0.25, -0.2) is 13.1 Å². The molecule has 0 atom stereocenters. The van der Waals surface area contributed by atoms with Crippen LogP contribution in [0.25, 0.3) is 0 Å². The van der Waals surface area contributed by atoms with E-state index in [-0.39, 0.29) is 4.90 Å². The summed E-state index contributed by atoms with van der Waals surface area (Å²) in [5.74, 6) is 0. The molecule has 0 aliphatic carbocycles. The Bertz CT molecular complexity index is 745. The molecular formula is C15H17BrN2O2S. The van der Waals surface area contributed by atoms with Crippen LogP contribution >= 0.6 is 15.9 Å². The zero-order valence-corrected chi connectivity index (χ0v) is 14.3. The maximum atomic E-state index is 11.8. The Hall–Kier alpha value is -1.37. The first-order valence-corrected chi connectivity index (χ1v) is 8.73. The first-order valence-electron chi connectivity index (χ1n) is 6.45. The molecule has 2 N–H and O–H groups in total. The summed E-state index contributed by atoms with van der Waals surface area (Å²) in [6.45, 7) is 2.56. The second-order valence-electron chi connectivity index (χ2n) is 4.63. The van der Waals surface area contributed by atoms with Crippen molar-refractivity contribution in [2.45, 2.75) is 18.4 Å². The smallest absolute Gasteiger partial charge is 0.240 e. The lowest BCUT2D eigenvalue weighted by Crippen LogP contribution is -2.18. The number of halogens is 1. The number of benzene rings is 2. The van der Waals surface area contributed by atoms with Gasteiger partial charge in [0.1, 0.15) is 0 Å². The van der Waals surface area contributed by atoms with E-state index in [2.05, 4.69) is 26.0 Å². The highest BCUT2D eigenvalue weighted by molar-refractivity contribution is 9.10. The Morgan fingerprint density at radius 2 is 1.86 bits per heavy atom. The summed E-state index contributed by atoms with van der Waals surface area (Å²) in [6.07, 6.45) is 0. The third kappa shape index (κ3) is 3.84. The lowest BCUT2D eigenvalue weighted by molar-refractivity contribution is 0.588. The maximum Gasteiger partial charge on any atom is 0.240 e. The molecular weight excluding hydrogens is 352 g/mol. The quantitative estimate of drug-likeness (QED) is 0.851. The minimum atomic E-state index is -3.43. The summed E-state index contributed by atoms with van der Waals surface area (Å²) in [5.41, 5.74) is 2.91. The fourth-order valence-electron chi connectivity index (χ4n) is 1.91. The molecule has 0 saturated carbocycles. The van der Waals surface area contributed by atoms with Gasteiger partial charge in [0.2, 0.25) is 10.0 Å². The number of hydrogen-bond acceptors (Lipinski definition) is 3. The number of hydrogen-bond donors (Lipinski definition) is 2. The van der Waals surface area contributed by atoms with E-state index in [0.717, 1.165) is 21.3 Å². The van der Waals surface area contributed by atoms with Gasteiger partial charge in [0.15, 0.2) is 0 Å². The maximum absolute atomic E-state index is 11.8. The Labute approximate surface area is 133 Å². The molecule has 0 aliphatic heterocycles. The molecule has 2 aromatic carbocycles. The van der Waals surface area contributed by atoms with Crippen molar-refractivity contribution in [2.24, 2.45) is 0 Å². The highest BCUT2D eigenvalue weighted by Crippen LogP contribution is 2.22. The average molecular weight is 369 g/mol. The first kappa shape index (κ1) is 16.0. The van der Waals surface area contributed by atoms with Gasteiger partial charge in [-0.1, -0.05) is 40.2 Å². The molecule has 0 unspecified atom stereocenters. The molecule has 0 spiro atoms. The van der Waals surface area contributed by atoms with Crippen LogP contribution in [0.5, 0.6) is 0 Å². The van der Waals surface area contributed by atoms with Gasteiger partial charge in [0.25, 0.3) is 0 Å². The van der Waals surface area contributed by atoms with Gasteiger partial charge >= 0.3 is 0 Å². The van der Waals surface area contributed by atoms with Gasteiger partial charge in [-0.3, -0.25) is 0 Å². The molecule has 0 fully saturated rings. The van der Waals surface area contributed by atoms with Crippen LogP contribution in [0.2, 0.25) is 0 Å². The van der Waals surface area contributed by atoms with Crippen molar-refractivity contribution < 1.29 is 8.42 Å². The van der Waals surface area contributed by atoms with E-state index in [1.54, 1.807) is 18.2 Å². The van der Waals surface area contributed by atoms with Crippen LogP contribution in [0.4, 0.5) is 5.69 Å². The number of aryl methyl sites for hydroxylation is 1. The molecule has 2 rings (SSSR count). The summed E-state index contributed by atoms with van der Waals surface area (Å²) in [7, 11) is -2.02. The Kier molecular flexibility index (Phi) is 5.03. The lowest BCUT2D eigenvalue weighted by atomic mass is 10.2. The summed E-state index contributed by atoms with van der Waals surface area (Å²) < 4.78 is 27.0. The number of rotatable bonds is 5. The molecule has 2 aromatic rings. The van der Waals surface area contributed by atoms with Crippen LogP contribution in [0, 0.1) is 6.92 Å². The predicted molar refractivity (Wildman–Crippen MR) is 88.9 cm³/mol. The highest BCUT2D eigenvalue weighted by Gasteiger charge is 2.12. The van der Waals surface area contributed by atoms with Crippen LogP contribution in [-0.2, 0) is 16.6 Å². The SMILES string of the molecule is CNS(=O)(=O)c1ccc(C)c(NCc2ccccc2Br)c1. The van der Waals surface area contributed by atoms with Crippen LogP contribution in [0.15, 0.2) is 51.8 Å². The molecule has 21 heavy (non-hydrogen) atoms. The first-order chi connectivity index (χ1) is 9.94. The molecule has 0 aromatic heterocycles. The van der Waals surface area contributed by atoms with Crippen LogP contribution < -0.4 is 10.0 Å². The molecule has 0 aliphatic rings. The molecule has 6 heteroatoms. The standard InChI is InChI=1S/C15H17BrN2O2S/c1-11-7-8-13(21(19,20)17-2)9-15(11)18-10-12-5-3-4-6-14(12)16/h3-9,17-18H,10H2,1-2H3. The van der Waals surface area contributed by atoms with Crippen molar-refractivity contribution in [1.82, 2.24) is 4.72 Å². The summed E-state index contributed by atoms with van der Waals surface area (Å²) in [5, 5.41) is 3.28. The lowest BCUT2D eigenvalue weighted by Gasteiger charge is -2.12. The Morgan fingerprint density at radius 3 is 2.52 bits per heavy atom. The number of sulfonamides is 1. The summed E-state index contributed by atoms with van der Waals surface area (Å²) in [4.78, 5) is 0.255. The van der Waals surface area contributed by atoms with E-state index < -0.39 is 10.0 Å². The van der Waals surface area contributed by atoms with Gasteiger partial charge < -0.3 is 5.32 Å². The normalized spacial score (nSPS) is 11.4. The van der Waals surface area contributed by atoms with Gasteiger partial charge in [-0.2, -0.15) is 0 Å². The largest absolute Gasteiger partial charge is 0.381 e. The number of nitrogens with one attached hydrogen (secondary N) is 2. The van der Waals surface area contributed by atoms with Gasteiger partial charge in [0, 0.05) is 16.7 Å². The minimum absolute atomic E-state index is 0.255. The summed E-state index contributed by atoms with van der Waals surface area (Å²) >= 11 is 3.50. The average Bonchev–Trinajstić information content (AvgIpc) is 2.47. The molecule has 0 amide bonds. The minimum Gasteiger partial charge on any atom is -0.381 e. The van der Waals surface area contributed by atoms with E-state index in [1.807, 2.05) is 31.2 Å². The second kappa shape index (κ2) is 6.60. The zero-order valence-electron chi connectivity index (χ0n) is 11.9. The molecule has 0 saturated heterocycles. The molecule has 0 bridgehead atoms. The van der Waals surface area contributed by atoms with E-state index in [0.29, 0.717) is 6.54 Å². The predicted octanol–water partition coefficient (Wildman–Crippen LogP) is 3.28. The molecule has 112 valence electrons. The third-order valence-electron chi connectivity index (χ3n) is 3.22. The van der Waals surface area contributed by atoms with Crippen molar-refractivity contribution in [3.05, 3.63) is 58.1 Å². The third-order valence-corrected chi connectivity index (χ3v) is 5.40. The monoisotopic (exact) mass is 368 g/mol. The topological polar surface area (TPSA) is 58.2 Å². The van der Waals surface area contributed by atoms with E-state index in [4.69, 9.17) is 0 Å². The van der Waals surface area contributed by atoms with Crippen molar-refractivity contribution >= 4 is 31.6 Å². The zero-order chi connectivity index (χ0) is 15.5.